The summed E-state index contributed by atoms with van der Waals surface area (Å²) in [6.07, 6.45) is 1.80. The number of carbonyl (C=O) groups is 1. The van der Waals surface area contributed by atoms with Crippen LogP contribution in [-0.4, -0.2) is 36.2 Å². The van der Waals surface area contributed by atoms with Gasteiger partial charge in [0.05, 0.1) is 0 Å². The summed E-state index contributed by atoms with van der Waals surface area (Å²) in [6.45, 7) is 13.0. The summed E-state index contributed by atoms with van der Waals surface area (Å²) in [5.41, 5.74) is -0.440. The van der Waals surface area contributed by atoms with Crippen molar-refractivity contribution in [1.82, 2.24) is 10.2 Å². The van der Waals surface area contributed by atoms with E-state index in [4.69, 9.17) is 4.74 Å². The summed E-state index contributed by atoms with van der Waals surface area (Å²) in [5, 5.41) is 3.41. The predicted octanol–water partition coefficient (Wildman–Crippen LogP) is 4.05. The highest BCUT2D eigenvalue weighted by atomic mass is 32.1. The fourth-order valence-electron chi connectivity index (χ4n) is 2.02. The second kappa shape index (κ2) is 9.16. The van der Waals surface area contributed by atoms with E-state index in [0.717, 1.165) is 32.5 Å². The van der Waals surface area contributed by atoms with Crippen molar-refractivity contribution in [1.29, 1.82) is 0 Å². The standard InChI is InChI=1S/C17H30N2O2S/c1-6-11-19(16(20)21-17(3,4)5)12-10-18-13-15-9-8-14(7-2)22-15/h8-9,18H,6-7,10-13H2,1-5H3. The first kappa shape index (κ1) is 19.0. The van der Waals surface area contributed by atoms with Crippen LogP contribution in [0.15, 0.2) is 12.1 Å². The molecule has 0 aliphatic heterocycles. The number of nitrogens with one attached hydrogen (secondary N) is 1. The summed E-state index contributed by atoms with van der Waals surface area (Å²) < 4.78 is 5.45. The molecule has 0 aliphatic carbocycles. The molecular formula is C17H30N2O2S. The maximum absolute atomic E-state index is 12.1. The lowest BCUT2D eigenvalue weighted by Gasteiger charge is -2.27. The van der Waals surface area contributed by atoms with Gasteiger partial charge >= 0.3 is 6.09 Å². The van der Waals surface area contributed by atoms with E-state index in [2.05, 4.69) is 31.3 Å². The van der Waals surface area contributed by atoms with E-state index in [1.807, 2.05) is 32.1 Å². The lowest BCUT2D eigenvalue weighted by molar-refractivity contribution is 0.0252. The Bertz CT molecular complexity index is 452. The molecule has 1 aromatic rings. The molecule has 0 saturated carbocycles. The third-order valence-corrected chi connectivity index (χ3v) is 4.30. The molecule has 1 amide bonds. The number of carbonyl (C=O) groups excluding carboxylic acids is 1. The van der Waals surface area contributed by atoms with E-state index in [9.17, 15) is 4.79 Å². The van der Waals surface area contributed by atoms with Crippen LogP contribution in [0.4, 0.5) is 4.79 Å². The van der Waals surface area contributed by atoms with Crippen molar-refractivity contribution in [2.75, 3.05) is 19.6 Å². The average molecular weight is 327 g/mol. The van der Waals surface area contributed by atoms with Crippen molar-refractivity contribution >= 4 is 17.4 Å². The van der Waals surface area contributed by atoms with Crippen LogP contribution in [0.3, 0.4) is 0 Å². The summed E-state index contributed by atoms with van der Waals surface area (Å²) in [6, 6.07) is 4.36. The molecule has 22 heavy (non-hydrogen) atoms. The second-order valence-electron chi connectivity index (χ2n) is 6.37. The van der Waals surface area contributed by atoms with Gasteiger partial charge in [-0.15, -0.1) is 11.3 Å². The Morgan fingerprint density at radius 1 is 1.23 bits per heavy atom. The van der Waals surface area contributed by atoms with Gasteiger partial charge < -0.3 is 15.0 Å². The first-order valence-corrected chi connectivity index (χ1v) is 8.93. The maximum atomic E-state index is 12.1. The molecule has 0 aromatic carbocycles. The monoisotopic (exact) mass is 326 g/mol. The Kier molecular flexibility index (Phi) is 7.90. The summed E-state index contributed by atoms with van der Waals surface area (Å²) in [5.74, 6) is 0. The van der Waals surface area contributed by atoms with Gasteiger partial charge in [-0.1, -0.05) is 13.8 Å². The van der Waals surface area contributed by atoms with Gasteiger partial charge in [0, 0.05) is 35.9 Å². The molecule has 1 N–H and O–H groups in total. The number of nitrogens with zero attached hydrogens (tertiary/aromatic N) is 1. The lowest BCUT2D eigenvalue weighted by Crippen LogP contribution is -2.40. The molecule has 0 bridgehead atoms. The molecule has 0 saturated heterocycles. The molecule has 0 unspecified atom stereocenters. The lowest BCUT2D eigenvalue weighted by atomic mass is 10.2. The van der Waals surface area contributed by atoms with E-state index >= 15 is 0 Å². The van der Waals surface area contributed by atoms with E-state index < -0.39 is 5.60 Å². The topological polar surface area (TPSA) is 41.6 Å². The van der Waals surface area contributed by atoms with Gasteiger partial charge in [0.1, 0.15) is 5.60 Å². The van der Waals surface area contributed by atoms with Gasteiger partial charge in [0.15, 0.2) is 0 Å². The minimum absolute atomic E-state index is 0.222. The Labute approximate surface area is 138 Å². The van der Waals surface area contributed by atoms with Crippen molar-refractivity contribution in [2.24, 2.45) is 0 Å². The highest BCUT2D eigenvalue weighted by Crippen LogP contribution is 2.16. The van der Waals surface area contributed by atoms with Crippen molar-refractivity contribution in [3.05, 3.63) is 21.9 Å². The highest BCUT2D eigenvalue weighted by molar-refractivity contribution is 7.11. The Morgan fingerprint density at radius 3 is 2.45 bits per heavy atom. The normalized spacial score (nSPS) is 11.5. The Hall–Kier alpha value is -1.07. The number of thiophene rings is 1. The van der Waals surface area contributed by atoms with Crippen LogP contribution in [0.2, 0.25) is 0 Å². The largest absolute Gasteiger partial charge is 0.444 e. The Morgan fingerprint density at radius 2 is 1.91 bits per heavy atom. The molecule has 5 heteroatoms. The minimum Gasteiger partial charge on any atom is -0.444 e. The number of aryl methyl sites for hydroxylation is 1. The quantitative estimate of drug-likeness (QED) is 0.733. The van der Waals surface area contributed by atoms with Gasteiger partial charge in [-0.05, 0) is 45.7 Å². The molecule has 1 heterocycles. The van der Waals surface area contributed by atoms with Crippen LogP contribution >= 0.6 is 11.3 Å². The van der Waals surface area contributed by atoms with Gasteiger partial charge in [0.25, 0.3) is 0 Å². The first-order valence-electron chi connectivity index (χ1n) is 8.12. The zero-order valence-corrected chi connectivity index (χ0v) is 15.4. The van der Waals surface area contributed by atoms with Crippen molar-refractivity contribution < 1.29 is 9.53 Å². The number of amides is 1. The molecule has 1 rings (SSSR count). The predicted molar refractivity (Wildman–Crippen MR) is 93.5 cm³/mol. The zero-order chi connectivity index (χ0) is 16.6. The molecule has 0 atom stereocenters. The number of ether oxygens (including phenoxy) is 1. The van der Waals surface area contributed by atoms with E-state index in [1.54, 1.807) is 4.90 Å². The van der Waals surface area contributed by atoms with E-state index in [1.165, 1.54) is 9.75 Å². The maximum Gasteiger partial charge on any atom is 0.410 e. The van der Waals surface area contributed by atoms with Crippen molar-refractivity contribution in [3.63, 3.8) is 0 Å². The second-order valence-corrected chi connectivity index (χ2v) is 7.62. The molecule has 0 radical (unpaired) electrons. The third kappa shape index (κ3) is 7.27. The molecule has 0 spiro atoms. The van der Waals surface area contributed by atoms with Crippen LogP contribution in [-0.2, 0) is 17.7 Å². The van der Waals surface area contributed by atoms with Crippen LogP contribution in [0.5, 0.6) is 0 Å². The van der Waals surface area contributed by atoms with Crippen LogP contribution in [0.25, 0.3) is 0 Å². The van der Waals surface area contributed by atoms with Crippen LogP contribution < -0.4 is 5.32 Å². The fraction of sp³-hybridized carbons (Fsp3) is 0.706. The highest BCUT2D eigenvalue weighted by Gasteiger charge is 2.21. The third-order valence-electron chi connectivity index (χ3n) is 3.07. The van der Waals surface area contributed by atoms with Crippen molar-refractivity contribution in [2.45, 2.75) is 59.6 Å². The molecule has 126 valence electrons. The number of hydrogen-bond acceptors (Lipinski definition) is 4. The average Bonchev–Trinajstić information content (AvgIpc) is 2.88. The smallest absolute Gasteiger partial charge is 0.410 e. The van der Waals surface area contributed by atoms with Crippen LogP contribution in [0, 0.1) is 0 Å². The van der Waals surface area contributed by atoms with Gasteiger partial charge in [-0.2, -0.15) is 0 Å². The van der Waals surface area contributed by atoms with E-state index in [-0.39, 0.29) is 6.09 Å². The summed E-state index contributed by atoms with van der Waals surface area (Å²) >= 11 is 1.85. The fourth-order valence-corrected chi connectivity index (χ4v) is 2.95. The Balaban J connectivity index is 2.36. The van der Waals surface area contributed by atoms with Gasteiger partial charge in [-0.25, -0.2) is 4.79 Å². The van der Waals surface area contributed by atoms with Gasteiger partial charge in [0.2, 0.25) is 0 Å². The summed E-state index contributed by atoms with van der Waals surface area (Å²) in [4.78, 5) is 16.7. The molecule has 4 nitrogen and oxygen atoms in total. The molecule has 0 aliphatic rings. The number of rotatable bonds is 8. The summed E-state index contributed by atoms with van der Waals surface area (Å²) in [7, 11) is 0. The minimum atomic E-state index is -0.440. The van der Waals surface area contributed by atoms with Crippen LogP contribution in [0.1, 0.15) is 50.8 Å². The van der Waals surface area contributed by atoms with Gasteiger partial charge in [-0.3, -0.25) is 0 Å². The molecule has 0 fully saturated rings. The molecular weight excluding hydrogens is 296 g/mol. The SMILES string of the molecule is CCCN(CCNCc1ccc(CC)s1)C(=O)OC(C)(C)C. The number of hydrogen-bond donors (Lipinski definition) is 1. The first-order chi connectivity index (χ1) is 10.4. The van der Waals surface area contributed by atoms with Crippen molar-refractivity contribution in [3.8, 4) is 0 Å². The molecule has 1 aromatic heterocycles. The van der Waals surface area contributed by atoms with E-state index in [0.29, 0.717) is 6.54 Å². The zero-order valence-electron chi connectivity index (χ0n) is 14.6.